The number of piperidine rings is 1. The average Bonchev–Trinajstić information content (AvgIpc) is 2.38. The molecule has 0 amide bonds. The van der Waals surface area contributed by atoms with Crippen LogP contribution in [0.1, 0.15) is 12.8 Å². The standard InChI is InChI=1S/C14H22N2S/c1-16-9-7-12(8-10-16)11-15-13-5-3-4-6-14(13)17-2/h3-6,12,15H,7-11H2,1-2H3. The second-order valence-corrected chi connectivity index (χ2v) is 5.68. The third-order valence-electron chi connectivity index (χ3n) is 3.53. The molecule has 1 aliphatic rings. The van der Waals surface area contributed by atoms with Gasteiger partial charge >= 0.3 is 0 Å². The highest BCUT2D eigenvalue weighted by atomic mass is 32.2. The van der Waals surface area contributed by atoms with Crippen molar-refractivity contribution in [1.29, 1.82) is 0 Å². The van der Waals surface area contributed by atoms with Gasteiger partial charge in [-0.1, -0.05) is 12.1 Å². The summed E-state index contributed by atoms with van der Waals surface area (Å²) in [4.78, 5) is 3.77. The zero-order valence-electron chi connectivity index (χ0n) is 10.8. The third kappa shape index (κ3) is 3.65. The first-order chi connectivity index (χ1) is 8.29. The van der Waals surface area contributed by atoms with Crippen molar-refractivity contribution in [3.63, 3.8) is 0 Å². The lowest BCUT2D eigenvalue weighted by Crippen LogP contribution is -2.32. The molecule has 1 aliphatic heterocycles. The number of hydrogen-bond donors (Lipinski definition) is 1. The first kappa shape index (κ1) is 12.8. The Bertz CT molecular complexity index is 346. The van der Waals surface area contributed by atoms with Crippen LogP contribution < -0.4 is 5.32 Å². The maximum atomic E-state index is 3.61. The van der Waals surface area contributed by atoms with Crippen molar-refractivity contribution in [2.24, 2.45) is 5.92 Å². The molecule has 1 heterocycles. The Labute approximate surface area is 109 Å². The number of thioether (sulfide) groups is 1. The van der Waals surface area contributed by atoms with E-state index in [0.717, 1.165) is 12.5 Å². The number of nitrogens with one attached hydrogen (secondary N) is 1. The number of benzene rings is 1. The Hall–Kier alpha value is -0.670. The van der Waals surface area contributed by atoms with Crippen LogP contribution in [0, 0.1) is 5.92 Å². The monoisotopic (exact) mass is 250 g/mol. The van der Waals surface area contributed by atoms with Gasteiger partial charge in [0.1, 0.15) is 0 Å². The Morgan fingerprint density at radius 3 is 2.71 bits per heavy atom. The molecule has 0 unspecified atom stereocenters. The lowest BCUT2D eigenvalue weighted by atomic mass is 9.97. The van der Waals surface area contributed by atoms with E-state index in [-0.39, 0.29) is 0 Å². The number of likely N-dealkylation sites (tertiary alicyclic amines) is 1. The summed E-state index contributed by atoms with van der Waals surface area (Å²) in [5.41, 5.74) is 1.29. The van der Waals surface area contributed by atoms with Gasteiger partial charge < -0.3 is 10.2 Å². The van der Waals surface area contributed by atoms with E-state index in [1.54, 1.807) is 0 Å². The molecule has 0 aromatic heterocycles. The minimum absolute atomic E-state index is 0.834. The topological polar surface area (TPSA) is 15.3 Å². The maximum absolute atomic E-state index is 3.61. The van der Waals surface area contributed by atoms with Gasteiger partial charge in [0.15, 0.2) is 0 Å². The Kier molecular flexibility index (Phi) is 4.75. The van der Waals surface area contributed by atoms with Crippen LogP contribution in [0.5, 0.6) is 0 Å². The van der Waals surface area contributed by atoms with E-state index in [1.807, 2.05) is 11.8 Å². The first-order valence-electron chi connectivity index (χ1n) is 6.35. The molecule has 2 nitrogen and oxygen atoms in total. The number of anilines is 1. The molecule has 94 valence electrons. The van der Waals surface area contributed by atoms with Crippen LogP contribution >= 0.6 is 11.8 Å². The van der Waals surface area contributed by atoms with E-state index >= 15 is 0 Å². The fraction of sp³-hybridized carbons (Fsp3) is 0.571. The molecule has 1 aromatic rings. The molecule has 0 saturated carbocycles. The minimum Gasteiger partial charge on any atom is -0.384 e. The summed E-state index contributed by atoms with van der Waals surface area (Å²) in [6.07, 6.45) is 4.78. The van der Waals surface area contributed by atoms with E-state index < -0.39 is 0 Å². The van der Waals surface area contributed by atoms with E-state index in [4.69, 9.17) is 0 Å². The van der Waals surface area contributed by atoms with E-state index in [2.05, 4.69) is 47.8 Å². The summed E-state index contributed by atoms with van der Waals surface area (Å²) < 4.78 is 0. The van der Waals surface area contributed by atoms with Gasteiger partial charge in [0.2, 0.25) is 0 Å². The van der Waals surface area contributed by atoms with Crippen LogP contribution in [0.25, 0.3) is 0 Å². The van der Waals surface area contributed by atoms with Gasteiger partial charge in [-0.3, -0.25) is 0 Å². The Morgan fingerprint density at radius 1 is 1.29 bits per heavy atom. The van der Waals surface area contributed by atoms with E-state index in [0.29, 0.717) is 0 Å². The summed E-state index contributed by atoms with van der Waals surface area (Å²) in [6, 6.07) is 8.58. The van der Waals surface area contributed by atoms with Gasteiger partial charge in [-0.15, -0.1) is 11.8 Å². The van der Waals surface area contributed by atoms with Gasteiger partial charge in [-0.2, -0.15) is 0 Å². The zero-order chi connectivity index (χ0) is 12.1. The van der Waals surface area contributed by atoms with Gasteiger partial charge in [0, 0.05) is 17.1 Å². The van der Waals surface area contributed by atoms with Gasteiger partial charge in [-0.25, -0.2) is 0 Å². The molecule has 0 atom stereocenters. The summed E-state index contributed by atoms with van der Waals surface area (Å²) in [5.74, 6) is 0.834. The number of hydrogen-bond acceptors (Lipinski definition) is 3. The predicted molar refractivity (Wildman–Crippen MR) is 76.9 cm³/mol. The van der Waals surface area contributed by atoms with Crippen LogP contribution in [0.15, 0.2) is 29.2 Å². The predicted octanol–water partition coefficient (Wildman–Crippen LogP) is 3.16. The Balaban J connectivity index is 1.85. The lowest BCUT2D eigenvalue weighted by molar-refractivity contribution is 0.226. The summed E-state index contributed by atoms with van der Waals surface area (Å²) in [5, 5.41) is 3.61. The molecule has 0 spiro atoms. The maximum Gasteiger partial charge on any atom is 0.0478 e. The molecule has 2 rings (SSSR count). The molecule has 3 heteroatoms. The molecule has 1 aromatic carbocycles. The first-order valence-corrected chi connectivity index (χ1v) is 7.57. The van der Waals surface area contributed by atoms with Crippen LogP contribution in [0.4, 0.5) is 5.69 Å². The minimum atomic E-state index is 0.834. The van der Waals surface area contributed by atoms with Gasteiger partial charge in [-0.05, 0) is 57.3 Å². The fourth-order valence-corrected chi connectivity index (χ4v) is 2.89. The largest absolute Gasteiger partial charge is 0.384 e. The van der Waals surface area contributed by atoms with Crippen LogP contribution in [-0.4, -0.2) is 37.8 Å². The van der Waals surface area contributed by atoms with Crippen LogP contribution in [0.2, 0.25) is 0 Å². The normalized spacial score (nSPS) is 18.2. The summed E-state index contributed by atoms with van der Waals surface area (Å²) in [7, 11) is 2.21. The SMILES string of the molecule is CSc1ccccc1NCC1CCN(C)CC1. The molecule has 1 saturated heterocycles. The van der Waals surface area contributed by atoms with Gasteiger partial charge in [0.25, 0.3) is 0 Å². The highest BCUT2D eigenvalue weighted by molar-refractivity contribution is 7.98. The van der Waals surface area contributed by atoms with Crippen molar-refractivity contribution in [2.75, 3.05) is 38.3 Å². The van der Waals surface area contributed by atoms with Crippen molar-refractivity contribution < 1.29 is 0 Å². The third-order valence-corrected chi connectivity index (χ3v) is 4.32. The molecule has 1 N–H and O–H groups in total. The highest BCUT2D eigenvalue weighted by Crippen LogP contribution is 2.25. The fourth-order valence-electron chi connectivity index (χ4n) is 2.31. The molecule has 1 fully saturated rings. The lowest BCUT2D eigenvalue weighted by Gasteiger charge is -2.29. The van der Waals surface area contributed by atoms with Crippen molar-refractivity contribution >= 4 is 17.4 Å². The average molecular weight is 250 g/mol. The smallest absolute Gasteiger partial charge is 0.0478 e. The molecule has 0 aliphatic carbocycles. The Morgan fingerprint density at radius 2 is 2.00 bits per heavy atom. The second kappa shape index (κ2) is 6.31. The van der Waals surface area contributed by atoms with Crippen molar-refractivity contribution in [3.8, 4) is 0 Å². The summed E-state index contributed by atoms with van der Waals surface area (Å²) >= 11 is 1.81. The number of nitrogens with zero attached hydrogens (tertiary/aromatic N) is 1. The molecule has 17 heavy (non-hydrogen) atoms. The molecule has 0 bridgehead atoms. The van der Waals surface area contributed by atoms with Crippen LogP contribution in [-0.2, 0) is 0 Å². The van der Waals surface area contributed by atoms with E-state index in [1.165, 1.54) is 36.5 Å². The van der Waals surface area contributed by atoms with E-state index in [9.17, 15) is 0 Å². The molecular weight excluding hydrogens is 228 g/mol. The number of para-hydroxylation sites is 1. The van der Waals surface area contributed by atoms with Crippen LogP contribution in [0.3, 0.4) is 0 Å². The summed E-state index contributed by atoms with van der Waals surface area (Å²) in [6.45, 7) is 3.61. The quantitative estimate of drug-likeness (QED) is 0.826. The molecular formula is C14H22N2S. The number of rotatable bonds is 4. The zero-order valence-corrected chi connectivity index (χ0v) is 11.6. The van der Waals surface area contributed by atoms with Crippen molar-refractivity contribution in [1.82, 2.24) is 4.90 Å². The van der Waals surface area contributed by atoms with Crippen molar-refractivity contribution in [2.45, 2.75) is 17.7 Å². The van der Waals surface area contributed by atoms with Crippen molar-refractivity contribution in [3.05, 3.63) is 24.3 Å². The second-order valence-electron chi connectivity index (χ2n) is 4.83. The molecule has 0 radical (unpaired) electrons. The highest BCUT2D eigenvalue weighted by Gasteiger charge is 2.16. The van der Waals surface area contributed by atoms with Gasteiger partial charge in [0.05, 0.1) is 0 Å².